The Morgan fingerprint density at radius 2 is 1.06 bits per heavy atom. The predicted octanol–water partition coefficient (Wildman–Crippen LogP) is 5.98. The maximum Gasteiger partial charge on any atom is 0.0584 e. The third kappa shape index (κ3) is 1.82. The second kappa shape index (κ2) is 4.75. The maximum absolute atomic E-state index is 2.29. The Morgan fingerprint density at radius 3 is 1.56 bits per heavy atom. The van der Waals surface area contributed by atoms with Gasteiger partial charge in [0.2, 0.25) is 0 Å². The van der Waals surface area contributed by atoms with E-state index in [2.05, 4.69) is 48.5 Å². The molecule has 4 heteroatoms. The van der Waals surface area contributed by atoms with Crippen LogP contribution in [-0.2, 0) is 0 Å². The van der Waals surface area contributed by atoms with E-state index in [1.165, 1.54) is 20.9 Å². The van der Waals surface area contributed by atoms with Crippen LogP contribution >= 0.6 is 43.2 Å². The number of hydrogen-bond donors (Lipinski definition) is 0. The van der Waals surface area contributed by atoms with Crippen LogP contribution in [0, 0.1) is 0 Å². The van der Waals surface area contributed by atoms with Crippen LogP contribution in [-0.4, -0.2) is 0 Å². The van der Waals surface area contributed by atoms with Crippen LogP contribution in [0.4, 0.5) is 0 Å². The standard InChI is InChI=1S/C14H10S4/c1-3-7-11-9(5-1)13(17-15-11)14-10-6-2-4-8-12(10)16-18-14/h1-8,13-14H. The monoisotopic (exact) mass is 306 g/mol. The van der Waals surface area contributed by atoms with Gasteiger partial charge in [-0.1, -0.05) is 79.6 Å². The lowest BCUT2D eigenvalue weighted by atomic mass is 10.0. The molecule has 0 radical (unpaired) electrons. The molecule has 0 saturated carbocycles. The van der Waals surface area contributed by atoms with Crippen molar-refractivity contribution in [1.29, 1.82) is 0 Å². The SMILES string of the molecule is c1ccc2c(c1)SSC2C1SSc2ccccc21. The van der Waals surface area contributed by atoms with Crippen LogP contribution < -0.4 is 0 Å². The van der Waals surface area contributed by atoms with E-state index in [0.717, 1.165) is 0 Å². The normalized spacial score (nSPS) is 24.9. The Bertz CT molecular complexity index is 542. The lowest BCUT2D eigenvalue weighted by molar-refractivity contribution is 0.888. The van der Waals surface area contributed by atoms with Gasteiger partial charge in [0.25, 0.3) is 0 Å². The third-order valence-corrected chi connectivity index (χ3v) is 9.04. The van der Waals surface area contributed by atoms with Crippen LogP contribution in [0.2, 0.25) is 0 Å². The van der Waals surface area contributed by atoms with Gasteiger partial charge in [-0.25, -0.2) is 0 Å². The molecule has 0 nitrogen and oxygen atoms in total. The van der Waals surface area contributed by atoms with Gasteiger partial charge in [0, 0.05) is 9.79 Å². The molecular formula is C14H10S4. The molecule has 2 aliphatic rings. The fourth-order valence-electron chi connectivity index (χ4n) is 2.32. The molecule has 2 aromatic rings. The average Bonchev–Trinajstić information content (AvgIpc) is 3.01. The molecule has 18 heavy (non-hydrogen) atoms. The van der Waals surface area contributed by atoms with Crippen molar-refractivity contribution in [2.24, 2.45) is 0 Å². The first kappa shape index (κ1) is 11.6. The molecule has 2 aliphatic heterocycles. The van der Waals surface area contributed by atoms with Gasteiger partial charge in [0.05, 0.1) is 10.5 Å². The minimum absolute atomic E-state index is 0.590. The van der Waals surface area contributed by atoms with Crippen molar-refractivity contribution in [3.8, 4) is 0 Å². The summed E-state index contributed by atoms with van der Waals surface area (Å²) in [5, 5.41) is 1.18. The van der Waals surface area contributed by atoms with Crippen molar-refractivity contribution in [3.05, 3.63) is 59.7 Å². The summed E-state index contributed by atoms with van der Waals surface area (Å²) in [6.45, 7) is 0. The van der Waals surface area contributed by atoms with Crippen LogP contribution in [0.5, 0.6) is 0 Å². The topological polar surface area (TPSA) is 0 Å². The van der Waals surface area contributed by atoms with Gasteiger partial charge in [0.1, 0.15) is 0 Å². The van der Waals surface area contributed by atoms with E-state index in [9.17, 15) is 0 Å². The Kier molecular flexibility index (Phi) is 3.07. The summed E-state index contributed by atoms with van der Waals surface area (Å²) >= 11 is 0. The summed E-state index contributed by atoms with van der Waals surface area (Å²) in [6.07, 6.45) is 0. The average molecular weight is 307 g/mol. The quantitative estimate of drug-likeness (QED) is 0.594. The summed E-state index contributed by atoms with van der Waals surface area (Å²) < 4.78 is 0. The van der Waals surface area contributed by atoms with Gasteiger partial charge in [-0.2, -0.15) is 0 Å². The van der Waals surface area contributed by atoms with Gasteiger partial charge < -0.3 is 0 Å². The minimum atomic E-state index is 0.590. The first-order valence-electron chi connectivity index (χ1n) is 5.78. The molecule has 90 valence electrons. The first-order chi connectivity index (χ1) is 8.93. The third-order valence-electron chi connectivity index (χ3n) is 3.21. The van der Waals surface area contributed by atoms with E-state index in [4.69, 9.17) is 0 Å². The second-order valence-corrected chi connectivity index (χ2v) is 9.04. The van der Waals surface area contributed by atoms with Gasteiger partial charge >= 0.3 is 0 Å². The van der Waals surface area contributed by atoms with Gasteiger partial charge in [-0.3, -0.25) is 0 Å². The molecule has 2 aromatic carbocycles. The van der Waals surface area contributed by atoms with E-state index < -0.39 is 0 Å². The summed E-state index contributed by atoms with van der Waals surface area (Å²) in [5.74, 6) is 0. The highest BCUT2D eigenvalue weighted by atomic mass is 33.1. The van der Waals surface area contributed by atoms with Crippen molar-refractivity contribution in [2.75, 3.05) is 0 Å². The number of rotatable bonds is 1. The molecule has 0 fully saturated rings. The molecule has 0 aliphatic carbocycles. The molecule has 0 bridgehead atoms. The van der Waals surface area contributed by atoms with Crippen LogP contribution in [0.1, 0.15) is 21.6 Å². The minimum Gasteiger partial charge on any atom is -0.0791 e. The summed E-state index contributed by atoms with van der Waals surface area (Å²) in [7, 11) is 7.89. The maximum atomic E-state index is 2.29. The Labute approximate surface area is 122 Å². The predicted molar refractivity (Wildman–Crippen MR) is 85.3 cm³/mol. The zero-order valence-electron chi connectivity index (χ0n) is 9.41. The molecular weight excluding hydrogens is 296 g/mol. The van der Waals surface area contributed by atoms with Gasteiger partial charge in [-0.05, 0) is 23.3 Å². The zero-order chi connectivity index (χ0) is 11.9. The lowest BCUT2D eigenvalue weighted by Gasteiger charge is -2.17. The molecule has 0 spiro atoms. The molecule has 2 heterocycles. The van der Waals surface area contributed by atoms with Gasteiger partial charge in [-0.15, -0.1) is 0 Å². The highest BCUT2D eigenvalue weighted by Gasteiger charge is 2.37. The number of benzene rings is 2. The Morgan fingerprint density at radius 1 is 0.611 bits per heavy atom. The fraction of sp³-hybridized carbons (Fsp3) is 0.143. The molecule has 0 N–H and O–H groups in total. The number of fused-ring (bicyclic) bond motifs is 2. The Hall–Kier alpha value is -0.160. The first-order valence-corrected chi connectivity index (χ1v) is 10.2. The van der Waals surface area contributed by atoms with E-state index in [1.54, 1.807) is 0 Å². The highest BCUT2D eigenvalue weighted by molar-refractivity contribution is 8.79. The number of hydrogen-bond acceptors (Lipinski definition) is 4. The van der Waals surface area contributed by atoms with E-state index >= 15 is 0 Å². The molecule has 0 amide bonds. The van der Waals surface area contributed by atoms with Crippen molar-refractivity contribution in [2.45, 2.75) is 20.3 Å². The van der Waals surface area contributed by atoms with Crippen molar-refractivity contribution >= 4 is 43.2 Å². The Balaban J connectivity index is 1.75. The summed E-state index contributed by atoms with van der Waals surface area (Å²) in [4.78, 5) is 2.89. The van der Waals surface area contributed by atoms with E-state index in [1.807, 2.05) is 43.2 Å². The molecule has 2 unspecified atom stereocenters. The smallest absolute Gasteiger partial charge is 0.0584 e. The largest absolute Gasteiger partial charge is 0.0791 e. The van der Waals surface area contributed by atoms with Crippen LogP contribution in [0.3, 0.4) is 0 Å². The molecule has 0 saturated heterocycles. The van der Waals surface area contributed by atoms with Gasteiger partial charge in [0.15, 0.2) is 0 Å². The van der Waals surface area contributed by atoms with Crippen LogP contribution in [0.25, 0.3) is 0 Å². The van der Waals surface area contributed by atoms with Crippen molar-refractivity contribution in [1.82, 2.24) is 0 Å². The summed E-state index contributed by atoms with van der Waals surface area (Å²) in [6, 6.07) is 17.7. The molecule has 2 atom stereocenters. The van der Waals surface area contributed by atoms with Crippen molar-refractivity contribution in [3.63, 3.8) is 0 Å². The van der Waals surface area contributed by atoms with E-state index in [0.29, 0.717) is 10.5 Å². The van der Waals surface area contributed by atoms with E-state index in [-0.39, 0.29) is 0 Å². The summed E-state index contributed by atoms with van der Waals surface area (Å²) in [5.41, 5.74) is 3.03. The zero-order valence-corrected chi connectivity index (χ0v) is 12.7. The molecule has 0 aromatic heterocycles. The fourth-order valence-corrected chi connectivity index (χ4v) is 9.05. The highest BCUT2D eigenvalue weighted by Crippen LogP contribution is 2.66. The lowest BCUT2D eigenvalue weighted by Crippen LogP contribution is -1.99. The molecule has 4 rings (SSSR count). The van der Waals surface area contributed by atoms with Crippen LogP contribution in [0.15, 0.2) is 58.3 Å². The second-order valence-electron chi connectivity index (χ2n) is 4.28. The van der Waals surface area contributed by atoms with Crippen molar-refractivity contribution < 1.29 is 0 Å².